The normalized spacial score (nSPS) is 13.2. The monoisotopic (exact) mass is 695 g/mol. The molecule has 0 fully saturated rings. The number of fused-ring (bicyclic) bond motifs is 9. The SMILES string of the molecule is CC1(c2ccc(N(c3ccc(-c4ccccc4)cc3)c3ccc4c(c3)sc3ccccc34)c3oc4ccccc4c23)c2ccccc2-c2ccccc21. The van der Waals surface area contributed by atoms with Crippen LogP contribution in [0.5, 0.6) is 0 Å². The molecule has 53 heavy (non-hydrogen) atoms. The lowest BCUT2D eigenvalue weighted by molar-refractivity contribution is 0.666. The Morgan fingerprint density at radius 2 is 1.08 bits per heavy atom. The molecular weight excluding hydrogens is 663 g/mol. The van der Waals surface area contributed by atoms with Crippen molar-refractivity contribution in [2.45, 2.75) is 12.3 Å². The first-order valence-electron chi connectivity index (χ1n) is 18.2. The summed E-state index contributed by atoms with van der Waals surface area (Å²) >= 11 is 1.85. The molecule has 2 aromatic heterocycles. The van der Waals surface area contributed by atoms with Crippen LogP contribution in [-0.4, -0.2) is 0 Å². The van der Waals surface area contributed by atoms with Crippen molar-refractivity contribution >= 4 is 70.5 Å². The van der Waals surface area contributed by atoms with Crippen molar-refractivity contribution in [1.82, 2.24) is 0 Å². The highest BCUT2D eigenvalue weighted by atomic mass is 32.1. The minimum Gasteiger partial charge on any atom is -0.454 e. The Morgan fingerprint density at radius 1 is 0.472 bits per heavy atom. The van der Waals surface area contributed by atoms with E-state index in [0.717, 1.165) is 39.0 Å². The van der Waals surface area contributed by atoms with Gasteiger partial charge in [0.1, 0.15) is 5.58 Å². The molecular formula is C50H33NOS. The molecule has 0 radical (unpaired) electrons. The number of hydrogen-bond donors (Lipinski definition) is 0. The molecule has 2 heterocycles. The van der Waals surface area contributed by atoms with E-state index in [1.54, 1.807) is 0 Å². The van der Waals surface area contributed by atoms with Crippen LogP contribution in [0.3, 0.4) is 0 Å². The molecule has 1 aliphatic rings. The Morgan fingerprint density at radius 3 is 1.85 bits per heavy atom. The zero-order valence-corrected chi connectivity index (χ0v) is 29.9. The minimum atomic E-state index is -0.380. The van der Waals surface area contributed by atoms with Crippen LogP contribution in [0.25, 0.3) is 64.4 Å². The molecule has 8 aromatic carbocycles. The van der Waals surface area contributed by atoms with Crippen LogP contribution in [0.15, 0.2) is 186 Å². The largest absolute Gasteiger partial charge is 0.454 e. The van der Waals surface area contributed by atoms with Gasteiger partial charge in [0.2, 0.25) is 0 Å². The van der Waals surface area contributed by atoms with Gasteiger partial charge in [-0.05, 0) is 88.3 Å². The number of benzene rings is 8. The summed E-state index contributed by atoms with van der Waals surface area (Å²) in [5.74, 6) is 0. The van der Waals surface area contributed by atoms with Crippen molar-refractivity contribution in [3.63, 3.8) is 0 Å². The Balaban J connectivity index is 1.18. The van der Waals surface area contributed by atoms with Crippen molar-refractivity contribution in [2.24, 2.45) is 0 Å². The number of thiophene rings is 1. The summed E-state index contributed by atoms with van der Waals surface area (Å²) in [5, 5.41) is 4.86. The van der Waals surface area contributed by atoms with Gasteiger partial charge in [0.05, 0.1) is 5.69 Å². The molecule has 1 aliphatic carbocycles. The predicted molar refractivity (Wildman–Crippen MR) is 224 cm³/mol. The van der Waals surface area contributed by atoms with Gasteiger partial charge < -0.3 is 9.32 Å². The number of nitrogens with zero attached hydrogens (tertiary/aromatic N) is 1. The van der Waals surface area contributed by atoms with Crippen LogP contribution in [0.1, 0.15) is 23.6 Å². The molecule has 0 aliphatic heterocycles. The summed E-state index contributed by atoms with van der Waals surface area (Å²) in [6.07, 6.45) is 0. The number of para-hydroxylation sites is 1. The summed E-state index contributed by atoms with van der Waals surface area (Å²) < 4.78 is 9.58. The van der Waals surface area contributed by atoms with E-state index in [2.05, 4.69) is 194 Å². The topological polar surface area (TPSA) is 16.4 Å². The maximum absolute atomic E-state index is 7.02. The van der Waals surface area contributed by atoms with Crippen LogP contribution in [-0.2, 0) is 5.41 Å². The van der Waals surface area contributed by atoms with Crippen molar-refractivity contribution in [3.8, 4) is 22.3 Å². The van der Waals surface area contributed by atoms with Crippen LogP contribution in [0.2, 0.25) is 0 Å². The van der Waals surface area contributed by atoms with Crippen molar-refractivity contribution in [1.29, 1.82) is 0 Å². The van der Waals surface area contributed by atoms with Gasteiger partial charge in [-0.2, -0.15) is 0 Å². The van der Waals surface area contributed by atoms with Crippen LogP contribution in [0, 0.1) is 0 Å². The number of furan rings is 1. The van der Waals surface area contributed by atoms with Crippen molar-refractivity contribution < 1.29 is 4.42 Å². The second-order valence-corrected chi connectivity index (χ2v) is 15.3. The molecule has 10 aromatic rings. The average Bonchev–Trinajstić information content (AvgIpc) is 3.88. The third kappa shape index (κ3) is 4.44. The molecule has 0 amide bonds. The molecule has 0 N–H and O–H groups in total. The van der Waals surface area contributed by atoms with Crippen LogP contribution >= 0.6 is 11.3 Å². The fourth-order valence-electron chi connectivity index (χ4n) is 8.86. The van der Waals surface area contributed by atoms with E-state index in [9.17, 15) is 0 Å². The summed E-state index contributed by atoms with van der Waals surface area (Å²) in [5.41, 5.74) is 13.4. The smallest absolute Gasteiger partial charge is 0.159 e. The highest BCUT2D eigenvalue weighted by Gasteiger charge is 2.42. The van der Waals surface area contributed by atoms with Gasteiger partial charge in [-0.1, -0.05) is 140 Å². The molecule has 2 nitrogen and oxygen atoms in total. The van der Waals surface area contributed by atoms with E-state index in [4.69, 9.17) is 4.42 Å². The molecule has 3 heteroatoms. The van der Waals surface area contributed by atoms with E-state index in [1.165, 1.54) is 59.1 Å². The van der Waals surface area contributed by atoms with E-state index in [-0.39, 0.29) is 5.41 Å². The summed E-state index contributed by atoms with van der Waals surface area (Å²) in [4.78, 5) is 2.38. The maximum atomic E-state index is 7.02. The summed E-state index contributed by atoms with van der Waals surface area (Å²) in [6.45, 7) is 2.39. The van der Waals surface area contributed by atoms with Gasteiger partial charge >= 0.3 is 0 Å². The lowest BCUT2D eigenvalue weighted by Gasteiger charge is -2.31. The molecule has 0 saturated heterocycles. The maximum Gasteiger partial charge on any atom is 0.159 e. The van der Waals surface area contributed by atoms with E-state index < -0.39 is 0 Å². The minimum absolute atomic E-state index is 0.380. The highest BCUT2D eigenvalue weighted by molar-refractivity contribution is 7.25. The second kappa shape index (κ2) is 11.5. The zero-order chi connectivity index (χ0) is 35.1. The quantitative estimate of drug-likeness (QED) is 0.178. The zero-order valence-electron chi connectivity index (χ0n) is 29.1. The molecule has 0 unspecified atom stereocenters. The van der Waals surface area contributed by atoms with E-state index in [1.807, 2.05) is 11.3 Å². The highest BCUT2D eigenvalue weighted by Crippen LogP contribution is 2.56. The van der Waals surface area contributed by atoms with Crippen LogP contribution < -0.4 is 4.90 Å². The van der Waals surface area contributed by atoms with Gasteiger partial charge in [-0.25, -0.2) is 0 Å². The Hall–Kier alpha value is -6.42. The molecule has 11 rings (SSSR count). The molecule has 0 bridgehead atoms. The van der Waals surface area contributed by atoms with E-state index >= 15 is 0 Å². The molecule has 0 atom stereocenters. The van der Waals surface area contributed by atoms with Crippen molar-refractivity contribution in [3.05, 3.63) is 199 Å². The molecule has 0 spiro atoms. The van der Waals surface area contributed by atoms with Crippen molar-refractivity contribution in [2.75, 3.05) is 4.90 Å². The third-order valence-electron chi connectivity index (χ3n) is 11.4. The second-order valence-electron chi connectivity index (χ2n) is 14.2. The molecule has 250 valence electrons. The average molecular weight is 696 g/mol. The first-order chi connectivity index (χ1) is 26.2. The predicted octanol–water partition coefficient (Wildman–Crippen LogP) is 14.4. The number of hydrogen-bond acceptors (Lipinski definition) is 3. The lowest BCUT2D eigenvalue weighted by Crippen LogP contribution is -2.23. The van der Waals surface area contributed by atoms with E-state index in [0.29, 0.717) is 0 Å². The van der Waals surface area contributed by atoms with Gasteiger partial charge in [0.15, 0.2) is 5.58 Å². The van der Waals surface area contributed by atoms with Crippen LogP contribution in [0.4, 0.5) is 17.1 Å². The van der Waals surface area contributed by atoms with Gasteiger partial charge in [0, 0.05) is 47.7 Å². The third-order valence-corrected chi connectivity index (χ3v) is 12.5. The van der Waals surface area contributed by atoms with Gasteiger partial charge in [-0.15, -0.1) is 11.3 Å². The Bertz CT molecular complexity index is 2980. The first-order valence-corrected chi connectivity index (χ1v) is 19.0. The summed E-state index contributed by atoms with van der Waals surface area (Å²) in [6, 6.07) is 66.1. The number of anilines is 3. The number of rotatable bonds is 5. The molecule has 0 saturated carbocycles. The Kier molecular flexibility index (Phi) is 6.58. The van der Waals surface area contributed by atoms with Gasteiger partial charge in [-0.3, -0.25) is 0 Å². The Labute approximate surface area is 311 Å². The lowest BCUT2D eigenvalue weighted by atomic mass is 9.72. The van der Waals surface area contributed by atoms with Gasteiger partial charge in [0.25, 0.3) is 0 Å². The summed E-state index contributed by atoms with van der Waals surface area (Å²) in [7, 11) is 0. The fraction of sp³-hybridized carbons (Fsp3) is 0.0400. The standard InChI is InChI=1S/C50H33NOS/c1-50(41-19-9-5-15-36(41)37-16-6-10-20-42(37)50)43-29-30-44(49-48(43)40-18-7-11-21-45(40)52-49)51(34-25-23-33(24-26-34)32-13-3-2-4-14-32)35-27-28-39-38-17-8-12-22-46(38)53-47(39)31-35/h2-31H,1H3. The fourth-order valence-corrected chi connectivity index (χ4v) is 10.0. The first kappa shape index (κ1) is 30.2.